The highest BCUT2D eigenvalue weighted by molar-refractivity contribution is 6.06. The molecule has 0 radical (unpaired) electrons. The van der Waals surface area contributed by atoms with Crippen LogP contribution in [0.25, 0.3) is 16.9 Å². The Morgan fingerprint density at radius 2 is 1.88 bits per heavy atom. The number of fused-ring (bicyclic) bond motifs is 1. The Morgan fingerprint density at radius 1 is 1.18 bits per heavy atom. The van der Waals surface area contributed by atoms with Crippen LogP contribution >= 0.6 is 0 Å². The molecule has 4 rings (SSSR count). The van der Waals surface area contributed by atoms with Gasteiger partial charge in [-0.15, -0.1) is 0 Å². The summed E-state index contributed by atoms with van der Waals surface area (Å²) in [5.41, 5.74) is -3.96. The zero-order chi connectivity index (χ0) is 23.9. The molecule has 2 aromatic heterocycles. The average Bonchev–Trinajstić information content (AvgIpc) is 3.15. The van der Waals surface area contributed by atoms with Crippen LogP contribution in [0.15, 0.2) is 53.3 Å². The van der Waals surface area contributed by atoms with Crippen LogP contribution < -0.4 is 10.7 Å². The highest BCUT2D eigenvalue weighted by atomic mass is 19.4. The van der Waals surface area contributed by atoms with Crippen molar-refractivity contribution in [1.82, 2.24) is 14.6 Å². The van der Waals surface area contributed by atoms with E-state index in [0.29, 0.717) is 0 Å². The molecule has 0 atom stereocenters. The van der Waals surface area contributed by atoms with Crippen LogP contribution in [0.1, 0.15) is 27.3 Å². The molecule has 7 nitrogen and oxygen atoms in total. The van der Waals surface area contributed by atoms with Gasteiger partial charge in [-0.05, 0) is 25.1 Å². The zero-order valence-electron chi connectivity index (χ0n) is 16.8. The molecule has 2 heterocycles. The molecule has 0 aliphatic heterocycles. The quantitative estimate of drug-likeness (QED) is 0.450. The number of aromatic amines is 1. The number of rotatable bonds is 3. The number of nitrogens with one attached hydrogen (secondary N) is 2. The van der Waals surface area contributed by atoms with Crippen molar-refractivity contribution in [3.63, 3.8) is 0 Å². The van der Waals surface area contributed by atoms with Gasteiger partial charge in [0.2, 0.25) is 11.1 Å². The monoisotopic (exact) mass is 455 g/mol. The number of amides is 1. The fraction of sp³-hybridized carbons (Fsp3) is 0.0909. The van der Waals surface area contributed by atoms with Crippen molar-refractivity contribution in [2.24, 2.45) is 0 Å². The molecule has 0 saturated heterocycles. The maximum atomic E-state index is 13.7. The van der Waals surface area contributed by atoms with E-state index in [9.17, 15) is 27.2 Å². The molecule has 2 N–H and O–H groups in total. The van der Waals surface area contributed by atoms with Crippen LogP contribution in [-0.4, -0.2) is 20.5 Å². The Kier molecular flexibility index (Phi) is 5.21. The van der Waals surface area contributed by atoms with Gasteiger partial charge in [0, 0.05) is 11.3 Å². The van der Waals surface area contributed by atoms with Crippen molar-refractivity contribution in [3.8, 4) is 17.3 Å². The summed E-state index contributed by atoms with van der Waals surface area (Å²) in [4.78, 5) is 29.4. The number of alkyl halides is 3. The first kappa shape index (κ1) is 21.8. The third-order valence-corrected chi connectivity index (χ3v) is 4.86. The number of hydrogen-bond donors (Lipinski definition) is 2. The molecular weight excluding hydrogens is 442 g/mol. The summed E-state index contributed by atoms with van der Waals surface area (Å²) in [5.74, 6) is -1.69. The maximum Gasteiger partial charge on any atom is 0.435 e. The fourth-order valence-corrected chi connectivity index (χ4v) is 3.42. The van der Waals surface area contributed by atoms with Gasteiger partial charge < -0.3 is 5.32 Å². The van der Waals surface area contributed by atoms with Gasteiger partial charge in [0.05, 0.1) is 11.3 Å². The molecule has 33 heavy (non-hydrogen) atoms. The Labute approximate surface area is 182 Å². The topological polar surface area (TPSA) is 103 Å². The van der Waals surface area contributed by atoms with Gasteiger partial charge in [-0.2, -0.15) is 18.4 Å². The number of H-pyrrole nitrogens is 1. The number of nitrogens with zero attached hydrogens (tertiary/aromatic N) is 3. The van der Waals surface area contributed by atoms with Gasteiger partial charge in [-0.3, -0.25) is 14.7 Å². The number of hydrogen-bond acceptors (Lipinski definition) is 4. The minimum atomic E-state index is -4.87. The maximum absolute atomic E-state index is 13.7. The summed E-state index contributed by atoms with van der Waals surface area (Å²) < 4.78 is 55.5. The van der Waals surface area contributed by atoms with E-state index < -0.39 is 40.2 Å². The summed E-state index contributed by atoms with van der Waals surface area (Å²) in [7, 11) is 0. The Bertz CT molecular complexity index is 1500. The van der Waals surface area contributed by atoms with Crippen LogP contribution in [-0.2, 0) is 6.18 Å². The number of nitriles is 1. The van der Waals surface area contributed by atoms with Crippen molar-refractivity contribution in [1.29, 1.82) is 5.26 Å². The third-order valence-electron chi connectivity index (χ3n) is 4.86. The van der Waals surface area contributed by atoms with E-state index >= 15 is 0 Å². The third kappa shape index (κ3) is 3.82. The number of aryl methyl sites for hydroxylation is 1. The number of benzene rings is 2. The second kappa shape index (κ2) is 7.90. The SMILES string of the molecule is Cc1[nH]n2c(-c3ccccc3)c(C(F)(F)F)nc2c(=O)c1C(=O)Nc1ccc(F)cc1C#N. The molecule has 0 aliphatic rings. The fourth-order valence-electron chi connectivity index (χ4n) is 3.42. The van der Waals surface area contributed by atoms with Crippen molar-refractivity contribution in [2.75, 3.05) is 5.32 Å². The Balaban J connectivity index is 1.90. The van der Waals surface area contributed by atoms with Gasteiger partial charge >= 0.3 is 6.18 Å². The highest BCUT2D eigenvalue weighted by Gasteiger charge is 2.39. The largest absolute Gasteiger partial charge is 0.435 e. The van der Waals surface area contributed by atoms with Gasteiger partial charge in [0.1, 0.15) is 23.1 Å². The molecule has 0 unspecified atom stereocenters. The second-order valence-corrected chi connectivity index (χ2v) is 7.03. The second-order valence-electron chi connectivity index (χ2n) is 7.03. The van der Waals surface area contributed by atoms with E-state index in [1.807, 2.05) is 0 Å². The Morgan fingerprint density at radius 3 is 2.52 bits per heavy atom. The van der Waals surface area contributed by atoms with Crippen LogP contribution in [0.2, 0.25) is 0 Å². The predicted octanol–water partition coefficient (Wildman–Crippen LogP) is 4.28. The predicted molar refractivity (Wildman–Crippen MR) is 110 cm³/mol. The van der Waals surface area contributed by atoms with E-state index in [4.69, 9.17) is 5.26 Å². The lowest BCUT2D eigenvalue weighted by atomic mass is 10.1. The highest BCUT2D eigenvalue weighted by Crippen LogP contribution is 2.36. The number of carbonyl (C=O) groups is 1. The van der Waals surface area contributed by atoms with Crippen molar-refractivity contribution >= 4 is 17.2 Å². The molecule has 166 valence electrons. The first-order valence-electron chi connectivity index (χ1n) is 9.40. The van der Waals surface area contributed by atoms with E-state index in [0.717, 1.165) is 22.7 Å². The number of halogens is 4. The van der Waals surface area contributed by atoms with E-state index in [1.165, 1.54) is 31.2 Å². The standard InChI is InChI=1S/C22H13F4N5O2/c1-11-16(21(33)28-15-8-7-14(23)9-13(15)10-27)18(32)20-29-19(22(24,25)26)17(31(20)30-11)12-5-3-2-4-6-12/h2-9,30H,1H3,(H,28,33). The Hall–Kier alpha value is -4.46. The number of aromatic nitrogens is 3. The first-order valence-corrected chi connectivity index (χ1v) is 9.40. The summed E-state index contributed by atoms with van der Waals surface area (Å²) >= 11 is 0. The summed E-state index contributed by atoms with van der Waals surface area (Å²) in [6.07, 6.45) is -4.87. The lowest BCUT2D eigenvalue weighted by Crippen LogP contribution is -2.26. The van der Waals surface area contributed by atoms with Gasteiger partial charge in [0.25, 0.3) is 5.91 Å². The van der Waals surface area contributed by atoms with Crippen molar-refractivity contribution < 1.29 is 22.4 Å². The normalized spacial score (nSPS) is 11.4. The molecular formula is C22H13F4N5O2. The molecule has 0 bridgehead atoms. The summed E-state index contributed by atoms with van der Waals surface area (Å²) in [5, 5.41) is 14.1. The first-order chi connectivity index (χ1) is 15.6. The van der Waals surface area contributed by atoms with Gasteiger partial charge in [0.15, 0.2) is 5.69 Å². The summed E-state index contributed by atoms with van der Waals surface area (Å²) in [6, 6.07) is 12.3. The molecule has 1 amide bonds. The molecule has 4 aromatic rings. The number of anilines is 1. The molecule has 0 saturated carbocycles. The van der Waals surface area contributed by atoms with E-state index in [2.05, 4.69) is 15.4 Å². The number of carbonyl (C=O) groups excluding carboxylic acids is 1. The molecule has 11 heteroatoms. The lowest BCUT2D eigenvalue weighted by Gasteiger charge is -2.11. The van der Waals surface area contributed by atoms with E-state index in [-0.39, 0.29) is 28.2 Å². The zero-order valence-corrected chi connectivity index (χ0v) is 16.8. The molecule has 2 aromatic carbocycles. The minimum Gasteiger partial charge on any atom is -0.321 e. The van der Waals surface area contributed by atoms with Crippen molar-refractivity contribution in [3.05, 3.63) is 87.1 Å². The molecule has 0 aliphatic carbocycles. The van der Waals surface area contributed by atoms with Crippen LogP contribution in [0.5, 0.6) is 0 Å². The van der Waals surface area contributed by atoms with Crippen LogP contribution in [0.3, 0.4) is 0 Å². The number of imidazole rings is 1. The van der Waals surface area contributed by atoms with Gasteiger partial charge in [-0.1, -0.05) is 30.3 Å². The minimum absolute atomic E-state index is 0.0334. The van der Waals surface area contributed by atoms with Gasteiger partial charge in [-0.25, -0.2) is 13.9 Å². The summed E-state index contributed by atoms with van der Waals surface area (Å²) in [6.45, 7) is 1.34. The molecule has 0 fully saturated rings. The van der Waals surface area contributed by atoms with Crippen LogP contribution in [0, 0.1) is 24.1 Å². The van der Waals surface area contributed by atoms with Crippen LogP contribution in [0.4, 0.5) is 23.2 Å². The smallest absolute Gasteiger partial charge is 0.321 e. The average molecular weight is 455 g/mol. The van der Waals surface area contributed by atoms with Crippen molar-refractivity contribution in [2.45, 2.75) is 13.1 Å². The molecule has 0 spiro atoms. The van der Waals surface area contributed by atoms with E-state index in [1.54, 1.807) is 12.1 Å². The lowest BCUT2D eigenvalue weighted by molar-refractivity contribution is -0.140.